The number of aryl methyl sites for hydroxylation is 1. The number of halogens is 2. The van der Waals surface area contributed by atoms with Crippen LogP contribution in [0.1, 0.15) is 26.2 Å². The van der Waals surface area contributed by atoms with Crippen molar-refractivity contribution in [3.63, 3.8) is 0 Å². The fourth-order valence-electron chi connectivity index (χ4n) is 1.87. The lowest BCUT2D eigenvalue weighted by Gasteiger charge is -2.06. The zero-order valence-corrected chi connectivity index (χ0v) is 12.5. The largest absolute Gasteiger partial charge is 0.441 e. The highest BCUT2D eigenvalue weighted by Crippen LogP contribution is 2.24. The van der Waals surface area contributed by atoms with Crippen molar-refractivity contribution in [2.45, 2.75) is 26.7 Å². The van der Waals surface area contributed by atoms with Gasteiger partial charge in [0, 0.05) is 25.5 Å². The molecular formula is C16H18F2N2O2. The summed E-state index contributed by atoms with van der Waals surface area (Å²) < 4.78 is 31.9. The second-order valence-electron chi connectivity index (χ2n) is 5.44. The minimum atomic E-state index is -0.711. The molecule has 6 heteroatoms. The van der Waals surface area contributed by atoms with Crippen molar-refractivity contribution >= 4 is 5.91 Å². The topological polar surface area (TPSA) is 55.1 Å². The molecule has 0 aliphatic carbocycles. The summed E-state index contributed by atoms with van der Waals surface area (Å²) in [4.78, 5) is 15.6. The number of aromatic nitrogens is 1. The van der Waals surface area contributed by atoms with Gasteiger partial charge in [0.15, 0.2) is 11.7 Å². The van der Waals surface area contributed by atoms with Crippen molar-refractivity contribution in [1.29, 1.82) is 0 Å². The molecule has 1 amide bonds. The van der Waals surface area contributed by atoms with Crippen LogP contribution in [0.4, 0.5) is 8.78 Å². The zero-order valence-electron chi connectivity index (χ0n) is 12.5. The molecule has 22 heavy (non-hydrogen) atoms. The molecule has 0 saturated carbocycles. The predicted octanol–water partition coefficient (Wildman–Crippen LogP) is 3.32. The summed E-state index contributed by atoms with van der Waals surface area (Å²) in [6.07, 6.45) is 1.95. The predicted molar refractivity (Wildman–Crippen MR) is 78.0 cm³/mol. The highest BCUT2D eigenvalue weighted by atomic mass is 19.1. The normalized spacial score (nSPS) is 11.0. The van der Waals surface area contributed by atoms with Crippen molar-refractivity contribution in [2.75, 3.05) is 6.54 Å². The van der Waals surface area contributed by atoms with Crippen LogP contribution in [-0.2, 0) is 11.2 Å². The van der Waals surface area contributed by atoms with E-state index in [4.69, 9.17) is 4.42 Å². The van der Waals surface area contributed by atoms with Gasteiger partial charge in [-0.25, -0.2) is 13.8 Å². The molecule has 4 nitrogen and oxygen atoms in total. The molecule has 1 heterocycles. The summed E-state index contributed by atoms with van der Waals surface area (Å²) in [6, 6.07) is 3.24. The molecule has 0 unspecified atom stereocenters. The lowest BCUT2D eigenvalue weighted by Crippen LogP contribution is -2.27. The van der Waals surface area contributed by atoms with Gasteiger partial charge in [0.25, 0.3) is 0 Å². The van der Waals surface area contributed by atoms with E-state index >= 15 is 0 Å². The molecule has 0 radical (unpaired) electrons. The lowest BCUT2D eigenvalue weighted by atomic mass is 10.2. The third-order valence-corrected chi connectivity index (χ3v) is 3.02. The van der Waals surface area contributed by atoms with Crippen LogP contribution in [0, 0.1) is 17.6 Å². The second-order valence-corrected chi connectivity index (χ2v) is 5.44. The van der Waals surface area contributed by atoms with Crippen LogP contribution in [0.2, 0.25) is 0 Å². The van der Waals surface area contributed by atoms with Gasteiger partial charge in [-0.15, -0.1) is 0 Å². The van der Waals surface area contributed by atoms with E-state index < -0.39 is 11.6 Å². The van der Waals surface area contributed by atoms with Crippen LogP contribution in [0.15, 0.2) is 28.8 Å². The number of hydrogen-bond donors (Lipinski definition) is 1. The van der Waals surface area contributed by atoms with Crippen LogP contribution in [0.3, 0.4) is 0 Å². The molecule has 0 aliphatic rings. The maximum atomic E-state index is 13.6. The van der Waals surface area contributed by atoms with Gasteiger partial charge in [-0.1, -0.05) is 13.8 Å². The number of carbonyl (C=O) groups excluding carboxylic acids is 1. The van der Waals surface area contributed by atoms with Crippen LogP contribution >= 0.6 is 0 Å². The van der Waals surface area contributed by atoms with E-state index in [1.165, 1.54) is 12.3 Å². The summed E-state index contributed by atoms with van der Waals surface area (Å²) in [5.41, 5.74) is 0.143. The lowest BCUT2D eigenvalue weighted by molar-refractivity contribution is -0.121. The summed E-state index contributed by atoms with van der Waals surface area (Å²) >= 11 is 0. The quantitative estimate of drug-likeness (QED) is 0.890. The number of amides is 1. The zero-order chi connectivity index (χ0) is 16.1. The number of oxazole rings is 1. The smallest absolute Gasteiger partial charge is 0.220 e. The molecule has 0 saturated heterocycles. The minimum absolute atomic E-state index is 0.0820. The summed E-state index contributed by atoms with van der Waals surface area (Å²) in [6.45, 7) is 4.65. The minimum Gasteiger partial charge on any atom is -0.441 e. The molecule has 0 spiro atoms. The molecule has 0 atom stereocenters. The summed E-state index contributed by atoms with van der Waals surface area (Å²) in [5.74, 6) is -0.492. The first-order valence-corrected chi connectivity index (χ1v) is 7.12. The first-order chi connectivity index (χ1) is 10.5. The standard InChI is InChI=1S/C16H18F2N2O2/c1-10(2)8-19-15(21)5-6-16-20-9-14(22-16)12-4-3-11(17)7-13(12)18/h3-4,7,9-10H,5-6,8H2,1-2H3,(H,19,21). The Morgan fingerprint density at radius 1 is 1.36 bits per heavy atom. The third kappa shape index (κ3) is 4.38. The third-order valence-electron chi connectivity index (χ3n) is 3.02. The molecule has 1 N–H and O–H groups in total. The van der Waals surface area contributed by atoms with Gasteiger partial charge in [-0.3, -0.25) is 4.79 Å². The van der Waals surface area contributed by atoms with Crippen LogP contribution in [-0.4, -0.2) is 17.4 Å². The average molecular weight is 308 g/mol. The van der Waals surface area contributed by atoms with E-state index in [0.29, 0.717) is 24.8 Å². The van der Waals surface area contributed by atoms with Gasteiger partial charge in [-0.05, 0) is 18.1 Å². The fraction of sp³-hybridized carbons (Fsp3) is 0.375. The van der Waals surface area contributed by atoms with E-state index in [2.05, 4.69) is 10.3 Å². The van der Waals surface area contributed by atoms with Crippen molar-refractivity contribution in [2.24, 2.45) is 5.92 Å². The fourth-order valence-corrected chi connectivity index (χ4v) is 1.87. The maximum absolute atomic E-state index is 13.6. The van der Waals surface area contributed by atoms with E-state index in [1.807, 2.05) is 13.8 Å². The van der Waals surface area contributed by atoms with Crippen molar-refractivity contribution in [3.05, 3.63) is 41.9 Å². The first-order valence-electron chi connectivity index (χ1n) is 7.12. The van der Waals surface area contributed by atoms with Gasteiger partial charge >= 0.3 is 0 Å². The van der Waals surface area contributed by atoms with Gasteiger partial charge in [0.2, 0.25) is 5.91 Å². The summed E-state index contributed by atoms with van der Waals surface area (Å²) in [7, 11) is 0. The van der Waals surface area contributed by atoms with Crippen molar-refractivity contribution in [3.8, 4) is 11.3 Å². The number of nitrogens with one attached hydrogen (secondary N) is 1. The molecule has 1 aromatic heterocycles. The van der Waals surface area contributed by atoms with Crippen LogP contribution in [0.5, 0.6) is 0 Å². The molecule has 0 aliphatic heterocycles. The van der Waals surface area contributed by atoms with Crippen LogP contribution < -0.4 is 5.32 Å². The molecular weight excluding hydrogens is 290 g/mol. The van der Waals surface area contributed by atoms with Gasteiger partial charge < -0.3 is 9.73 Å². The van der Waals surface area contributed by atoms with E-state index in [9.17, 15) is 13.6 Å². The SMILES string of the molecule is CC(C)CNC(=O)CCc1ncc(-c2ccc(F)cc2F)o1. The molecule has 2 aromatic rings. The molecule has 1 aromatic carbocycles. The van der Waals surface area contributed by atoms with Gasteiger partial charge in [-0.2, -0.15) is 0 Å². The van der Waals surface area contributed by atoms with Crippen LogP contribution in [0.25, 0.3) is 11.3 Å². The highest BCUT2D eigenvalue weighted by Gasteiger charge is 2.13. The van der Waals surface area contributed by atoms with Gasteiger partial charge in [0.05, 0.1) is 11.8 Å². The second kappa shape index (κ2) is 7.15. The van der Waals surface area contributed by atoms with E-state index in [1.54, 1.807) is 0 Å². The molecule has 118 valence electrons. The number of hydrogen-bond acceptors (Lipinski definition) is 3. The Hall–Kier alpha value is -2.24. The average Bonchev–Trinajstić information content (AvgIpc) is 2.91. The molecule has 2 rings (SSSR count). The Morgan fingerprint density at radius 3 is 2.82 bits per heavy atom. The van der Waals surface area contributed by atoms with E-state index in [-0.39, 0.29) is 23.7 Å². The molecule has 0 bridgehead atoms. The Kier molecular flexibility index (Phi) is 5.25. The Morgan fingerprint density at radius 2 is 2.14 bits per heavy atom. The first kappa shape index (κ1) is 16.1. The Balaban J connectivity index is 1.95. The number of rotatable bonds is 6. The monoisotopic (exact) mass is 308 g/mol. The highest BCUT2D eigenvalue weighted by molar-refractivity contribution is 5.76. The number of carbonyl (C=O) groups is 1. The Bertz CT molecular complexity index is 653. The summed E-state index contributed by atoms with van der Waals surface area (Å²) in [5, 5.41) is 2.80. The Labute approximate surface area is 127 Å². The number of benzene rings is 1. The molecule has 0 fully saturated rings. The van der Waals surface area contributed by atoms with Gasteiger partial charge in [0.1, 0.15) is 11.6 Å². The van der Waals surface area contributed by atoms with E-state index in [0.717, 1.165) is 12.1 Å². The maximum Gasteiger partial charge on any atom is 0.220 e. The van der Waals surface area contributed by atoms with Crippen molar-refractivity contribution < 1.29 is 18.0 Å². The van der Waals surface area contributed by atoms with Crippen molar-refractivity contribution in [1.82, 2.24) is 10.3 Å². The number of nitrogens with zero attached hydrogens (tertiary/aromatic N) is 1.